The lowest BCUT2D eigenvalue weighted by atomic mass is 9.95. The monoisotopic (exact) mass is 525 g/mol. The summed E-state index contributed by atoms with van der Waals surface area (Å²) in [6.07, 6.45) is -0.581. The van der Waals surface area contributed by atoms with E-state index in [-0.39, 0.29) is 24.6 Å². The molecule has 0 heterocycles. The minimum Gasteiger partial charge on any atom is -0.508 e. The van der Waals surface area contributed by atoms with Crippen molar-refractivity contribution in [2.45, 2.75) is 92.0 Å². The molecule has 0 saturated carbocycles. The molecule has 2 rings (SSSR count). The quantitative estimate of drug-likeness (QED) is 0.452. The van der Waals surface area contributed by atoms with Gasteiger partial charge in [-0.2, -0.15) is 0 Å². The highest BCUT2D eigenvalue weighted by molar-refractivity contribution is 5.92. The molecule has 0 bridgehead atoms. The van der Waals surface area contributed by atoms with E-state index in [9.17, 15) is 19.5 Å². The Bertz CT molecular complexity index is 1130. The highest BCUT2D eigenvalue weighted by Crippen LogP contribution is 2.27. The maximum Gasteiger partial charge on any atom is 0.408 e. The Morgan fingerprint density at radius 2 is 1.58 bits per heavy atom. The number of nitrogens with zero attached hydrogens (tertiary/aromatic N) is 1. The van der Waals surface area contributed by atoms with Crippen molar-refractivity contribution in [3.63, 3.8) is 0 Å². The summed E-state index contributed by atoms with van der Waals surface area (Å²) >= 11 is 0. The maximum absolute atomic E-state index is 14.1. The van der Waals surface area contributed by atoms with Gasteiger partial charge in [-0.1, -0.05) is 35.9 Å². The summed E-state index contributed by atoms with van der Waals surface area (Å²) in [5, 5.41) is 15.4. The number of aromatic hydroxyl groups is 1. The normalized spacial score (nSPS) is 13.3. The summed E-state index contributed by atoms with van der Waals surface area (Å²) in [5.41, 5.74) is 2.11. The van der Waals surface area contributed by atoms with Crippen molar-refractivity contribution < 1.29 is 24.2 Å². The van der Waals surface area contributed by atoms with E-state index >= 15 is 0 Å². The zero-order valence-electron chi connectivity index (χ0n) is 24.1. The molecule has 208 valence electrons. The topological polar surface area (TPSA) is 108 Å². The molecule has 2 atom stereocenters. The Morgan fingerprint density at radius 1 is 0.974 bits per heavy atom. The average Bonchev–Trinajstić information content (AvgIpc) is 2.76. The van der Waals surface area contributed by atoms with Crippen LogP contribution in [0.25, 0.3) is 0 Å². The first-order chi connectivity index (χ1) is 17.5. The van der Waals surface area contributed by atoms with Crippen molar-refractivity contribution in [2.75, 3.05) is 6.54 Å². The third kappa shape index (κ3) is 9.08. The number of likely N-dealkylation sites (N-methyl/N-ethyl adjacent to an activating group) is 1. The van der Waals surface area contributed by atoms with Gasteiger partial charge in [0.1, 0.15) is 23.4 Å². The van der Waals surface area contributed by atoms with Gasteiger partial charge in [0.15, 0.2) is 0 Å². The van der Waals surface area contributed by atoms with Crippen LogP contribution in [0, 0.1) is 13.8 Å². The highest BCUT2D eigenvalue weighted by atomic mass is 16.6. The molecular formula is C30H43N3O5. The van der Waals surface area contributed by atoms with Gasteiger partial charge in [0, 0.05) is 18.5 Å². The van der Waals surface area contributed by atoms with Crippen molar-refractivity contribution in [2.24, 2.45) is 0 Å². The molecule has 8 nitrogen and oxygen atoms in total. The van der Waals surface area contributed by atoms with E-state index in [2.05, 4.69) is 10.6 Å². The van der Waals surface area contributed by atoms with Crippen LogP contribution in [0.1, 0.15) is 76.8 Å². The summed E-state index contributed by atoms with van der Waals surface area (Å²) in [6, 6.07) is 10.3. The standard InChI is InChI=1S/C30H43N3O5/c1-10-33(25(26(35)32-29(4,5)6)23-16-11-19(2)17-20(23)3)27(36)24(31-28(37)38-30(7,8)9)18-21-12-14-22(34)15-13-21/h11-17,24-25,34H,10,18H2,1-9H3,(H,31,37)(H,32,35). The van der Waals surface area contributed by atoms with Crippen LogP contribution < -0.4 is 10.6 Å². The number of nitrogens with one attached hydrogen (secondary N) is 2. The molecule has 2 aromatic carbocycles. The van der Waals surface area contributed by atoms with Gasteiger partial charge in [-0.15, -0.1) is 0 Å². The first kappa shape index (κ1) is 30.7. The van der Waals surface area contributed by atoms with Crippen LogP contribution >= 0.6 is 0 Å². The molecule has 8 heteroatoms. The Labute approximate surface area is 226 Å². The van der Waals surface area contributed by atoms with Gasteiger partial charge in [-0.25, -0.2) is 4.79 Å². The zero-order chi connectivity index (χ0) is 28.8. The Hall–Kier alpha value is -3.55. The van der Waals surface area contributed by atoms with Crippen LogP contribution in [0.4, 0.5) is 4.79 Å². The molecule has 38 heavy (non-hydrogen) atoms. The van der Waals surface area contributed by atoms with E-state index in [4.69, 9.17) is 4.74 Å². The van der Waals surface area contributed by atoms with Crippen molar-refractivity contribution in [3.8, 4) is 5.75 Å². The Balaban J connectivity index is 2.54. The number of hydrogen-bond acceptors (Lipinski definition) is 5. The fourth-order valence-electron chi connectivity index (χ4n) is 4.20. The summed E-state index contributed by atoms with van der Waals surface area (Å²) in [7, 11) is 0. The van der Waals surface area contributed by atoms with Crippen molar-refractivity contribution in [3.05, 3.63) is 64.7 Å². The fourth-order valence-corrected chi connectivity index (χ4v) is 4.20. The van der Waals surface area contributed by atoms with Crippen LogP contribution in [0.2, 0.25) is 0 Å². The first-order valence-electron chi connectivity index (χ1n) is 13.0. The van der Waals surface area contributed by atoms with Gasteiger partial charge in [0.2, 0.25) is 11.8 Å². The molecule has 2 aromatic rings. The van der Waals surface area contributed by atoms with Gasteiger partial charge < -0.3 is 25.4 Å². The van der Waals surface area contributed by atoms with E-state index in [1.807, 2.05) is 59.7 Å². The molecular weight excluding hydrogens is 482 g/mol. The summed E-state index contributed by atoms with van der Waals surface area (Å²) in [4.78, 5) is 42.1. The molecule has 0 radical (unpaired) electrons. The molecule has 0 aliphatic rings. The number of alkyl carbamates (subject to hydrolysis) is 1. The maximum atomic E-state index is 14.1. The van der Waals surface area contributed by atoms with E-state index in [1.54, 1.807) is 32.9 Å². The molecule has 0 aliphatic carbocycles. The van der Waals surface area contributed by atoms with E-state index < -0.39 is 35.2 Å². The molecule has 3 amide bonds. The lowest BCUT2D eigenvalue weighted by Gasteiger charge is -2.36. The molecule has 0 aromatic heterocycles. The number of amides is 3. The van der Waals surface area contributed by atoms with Crippen LogP contribution in [0.5, 0.6) is 5.75 Å². The second-order valence-electron chi connectivity index (χ2n) is 11.7. The molecule has 2 unspecified atom stereocenters. The number of benzene rings is 2. The number of aryl methyl sites for hydroxylation is 2. The zero-order valence-corrected chi connectivity index (χ0v) is 24.1. The molecule has 0 spiro atoms. The van der Waals surface area contributed by atoms with E-state index in [1.165, 1.54) is 17.0 Å². The minimum absolute atomic E-state index is 0.0978. The summed E-state index contributed by atoms with van der Waals surface area (Å²) in [5.74, 6) is -0.624. The molecule has 0 fully saturated rings. The van der Waals surface area contributed by atoms with Crippen LogP contribution in [-0.2, 0) is 20.7 Å². The molecule has 3 N–H and O–H groups in total. The predicted octanol–water partition coefficient (Wildman–Crippen LogP) is 4.95. The number of carbonyl (C=O) groups excluding carboxylic acids is 3. The summed E-state index contributed by atoms with van der Waals surface area (Å²) < 4.78 is 5.44. The van der Waals surface area contributed by atoms with Crippen molar-refractivity contribution >= 4 is 17.9 Å². The SMILES string of the molecule is CCN(C(=O)C(Cc1ccc(O)cc1)NC(=O)OC(C)(C)C)C(C(=O)NC(C)(C)C)c1ccc(C)cc1C. The number of ether oxygens (including phenoxy) is 1. The van der Waals surface area contributed by atoms with E-state index in [0.29, 0.717) is 5.56 Å². The number of phenols is 1. The van der Waals surface area contributed by atoms with Crippen LogP contribution in [-0.4, -0.2) is 51.6 Å². The second-order valence-corrected chi connectivity index (χ2v) is 11.7. The third-order valence-electron chi connectivity index (χ3n) is 5.77. The second kappa shape index (κ2) is 12.3. The van der Waals surface area contributed by atoms with Gasteiger partial charge >= 0.3 is 6.09 Å². The summed E-state index contributed by atoms with van der Waals surface area (Å²) in [6.45, 7) is 16.8. The van der Waals surface area contributed by atoms with Gasteiger partial charge in [-0.3, -0.25) is 9.59 Å². The third-order valence-corrected chi connectivity index (χ3v) is 5.77. The number of rotatable bonds is 8. The van der Waals surface area contributed by atoms with Crippen LogP contribution in [0.15, 0.2) is 42.5 Å². The highest BCUT2D eigenvalue weighted by Gasteiger charge is 2.37. The lowest BCUT2D eigenvalue weighted by molar-refractivity contribution is -0.142. The number of phenolic OH excluding ortho intramolecular Hbond substituents is 1. The van der Waals surface area contributed by atoms with Crippen LogP contribution in [0.3, 0.4) is 0 Å². The Morgan fingerprint density at radius 3 is 2.08 bits per heavy atom. The van der Waals surface area contributed by atoms with Gasteiger partial charge in [0.25, 0.3) is 0 Å². The largest absolute Gasteiger partial charge is 0.508 e. The molecule has 0 saturated heterocycles. The number of carbonyl (C=O) groups is 3. The van der Waals surface area contributed by atoms with Gasteiger partial charge in [-0.05, 0) is 91.1 Å². The number of hydrogen-bond donors (Lipinski definition) is 3. The predicted molar refractivity (Wildman–Crippen MR) is 149 cm³/mol. The van der Waals surface area contributed by atoms with Crippen molar-refractivity contribution in [1.29, 1.82) is 0 Å². The Kier molecular flexibility index (Phi) is 9.95. The fraction of sp³-hybridized carbons (Fsp3) is 0.500. The van der Waals surface area contributed by atoms with Gasteiger partial charge in [0.05, 0.1) is 0 Å². The first-order valence-corrected chi connectivity index (χ1v) is 13.0. The smallest absolute Gasteiger partial charge is 0.408 e. The minimum atomic E-state index is -1.01. The van der Waals surface area contributed by atoms with E-state index in [0.717, 1.165) is 16.7 Å². The lowest BCUT2D eigenvalue weighted by Crippen LogP contribution is -2.55. The van der Waals surface area contributed by atoms with Crippen molar-refractivity contribution in [1.82, 2.24) is 15.5 Å². The molecule has 0 aliphatic heterocycles. The average molecular weight is 526 g/mol.